The zero-order valence-corrected chi connectivity index (χ0v) is 7.42. The molecule has 0 aromatic heterocycles. The minimum Gasteiger partial charge on any atom is -0.389 e. The van der Waals surface area contributed by atoms with E-state index in [1.165, 1.54) is 0 Å². The standard InChI is InChI=1S/C6H10Cl2N2/c1-3(5(7)9)4(2)6(8)10/h9-10H2,1-2H3/b5-3-,6-4-. The Morgan fingerprint density at radius 2 is 1.10 bits per heavy atom. The molecule has 58 valence electrons. The summed E-state index contributed by atoms with van der Waals surface area (Å²) in [6, 6.07) is 0. The summed E-state index contributed by atoms with van der Waals surface area (Å²) in [5.74, 6) is 0. The summed E-state index contributed by atoms with van der Waals surface area (Å²) in [7, 11) is 0. The lowest BCUT2D eigenvalue weighted by Gasteiger charge is -2.02. The molecule has 0 aliphatic rings. The van der Waals surface area contributed by atoms with Gasteiger partial charge in [0.15, 0.2) is 0 Å². The first kappa shape index (κ1) is 9.66. The van der Waals surface area contributed by atoms with Gasteiger partial charge in [-0.25, -0.2) is 0 Å². The van der Waals surface area contributed by atoms with Gasteiger partial charge in [0, 0.05) is 0 Å². The van der Waals surface area contributed by atoms with Crippen molar-refractivity contribution in [3.63, 3.8) is 0 Å². The molecule has 0 atom stereocenters. The molecule has 0 fully saturated rings. The molecule has 0 rings (SSSR count). The second kappa shape index (κ2) is 3.74. The van der Waals surface area contributed by atoms with E-state index in [2.05, 4.69) is 0 Å². The summed E-state index contributed by atoms with van der Waals surface area (Å²) in [4.78, 5) is 0. The van der Waals surface area contributed by atoms with E-state index in [1.807, 2.05) is 0 Å². The first-order valence-electron chi connectivity index (χ1n) is 2.71. The molecule has 4 heteroatoms. The monoisotopic (exact) mass is 180 g/mol. The SMILES string of the molecule is CC(=C(/N)Cl)/C(C)=C(\N)Cl. The van der Waals surface area contributed by atoms with E-state index in [9.17, 15) is 0 Å². The lowest BCUT2D eigenvalue weighted by molar-refractivity contribution is 1.25. The maximum absolute atomic E-state index is 5.48. The normalized spacial score (nSPS) is 16.0. The molecule has 0 unspecified atom stereocenters. The van der Waals surface area contributed by atoms with Gasteiger partial charge in [-0.2, -0.15) is 0 Å². The predicted octanol–water partition coefficient (Wildman–Crippen LogP) is 1.84. The lowest BCUT2D eigenvalue weighted by atomic mass is 10.2. The number of rotatable bonds is 1. The largest absolute Gasteiger partial charge is 0.389 e. The summed E-state index contributed by atoms with van der Waals surface area (Å²) >= 11 is 11.0. The molecule has 0 heterocycles. The molecule has 0 saturated carbocycles. The van der Waals surface area contributed by atoms with Gasteiger partial charge in [-0.15, -0.1) is 0 Å². The molecule has 10 heavy (non-hydrogen) atoms. The van der Waals surface area contributed by atoms with Crippen molar-refractivity contribution in [2.24, 2.45) is 11.5 Å². The summed E-state index contributed by atoms with van der Waals surface area (Å²) in [5.41, 5.74) is 12.0. The van der Waals surface area contributed by atoms with Gasteiger partial charge in [-0.1, -0.05) is 23.2 Å². The zero-order valence-electron chi connectivity index (χ0n) is 5.91. The number of hydrogen-bond donors (Lipinski definition) is 2. The molecular weight excluding hydrogens is 171 g/mol. The van der Waals surface area contributed by atoms with Crippen LogP contribution in [0.15, 0.2) is 21.5 Å². The van der Waals surface area contributed by atoms with Crippen LogP contribution in [0.4, 0.5) is 0 Å². The molecule has 0 aromatic rings. The van der Waals surface area contributed by atoms with Gasteiger partial charge in [0.05, 0.1) is 0 Å². The van der Waals surface area contributed by atoms with Crippen molar-refractivity contribution in [1.82, 2.24) is 0 Å². The Morgan fingerprint density at radius 3 is 1.20 bits per heavy atom. The van der Waals surface area contributed by atoms with Crippen LogP contribution in [0.5, 0.6) is 0 Å². The molecule has 0 aliphatic carbocycles. The Hall–Kier alpha value is -0.340. The molecule has 0 aromatic carbocycles. The second-order valence-electron chi connectivity index (χ2n) is 1.95. The van der Waals surface area contributed by atoms with E-state index in [4.69, 9.17) is 34.7 Å². The van der Waals surface area contributed by atoms with Crippen molar-refractivity contribution in [2.45, 2.75) is 13.8 Å². The van der Waals surface area contributed by atoms with Crippen LogP contribution in [-0.4, -0.2) is 0 Å². The van der Waals surface area contributed by atoms with E-state index >= 15 is 0 Å². The van der Waals surface area contributed by atoms with Crippen molar-refractivity contribution < 1.29 is 0 Å². The highest BCUT2D eigenvalue weighted by molar-refractivity contribution is 6.31. The predicted molar refractivity (Wildman–Crippen MR) is 45.5 cm³/mol. The number of allylic oxidation sites excluding steroid dienone is 2. The number of halogens is 2. The maximum Gasteiger partial charge on any atom is 0.102 e. The van der Waals surface area contributed by atoms with Crippen LogP contribution in [0.1, 0.15) is 13.8 Å². The average molecular weight is 181 g/mol. The minimum atomic E-state index is 0.223. The molecule has 2 nitrogen and oxygen atoms in total. The van der Waals surface area contributed by atoms with E-state index in [0.29, 0.717) is 11.1 Å². The molecule has 4 N–H and O–H groups in total. The van der Waals surface area contributed by atoms with E-state index in [1.54, 1.807) is 13.8 Å². The van der Waals surface area contributed by atoms with Crippen LogP contribution in [0, 0.1) is 0 Å². The summed E-state index contributed by atoms with van der Waals surface area (Å²) in [5, 5.41) is 0.446. The fraction of sp³-hybridized carbons (Fsp3) is 0.333. The summed E-state index contributed by atoms with van der Waals surface area (Å²) < 4.78 is 0. The van der Waals surface area contributed by atoms with Crippen molar-refractivity contribution in [2.75, 3.05) is 0 Å². The third-order valence-electron chi connectivity index (χ3n) is 1.28. The molecule has 0 spiro atoms. The quantitative estimate of drug-likeness (QED) is 0.479. The van der Waals surface area contributed by atoms with E-state index in [-0.39, 0.29) is 10.3 Å². The van der Waals surface area contributed by atoms with Crippen LogP contribution in [0.2, 0.25) is 0 Å². The maximum atomic E-state index is 5.48. The smallest absolute Gasteiger partial charge is 0.102 e. The Balaban J connectivity index is 4.71. The average Bonchev–Trinajstić information content (AvgIpc) is 1.84. The number of hydrogen-bond acceptors (Lipinski definition) is 2. The lowest BCUT2D eigenvalue weighted by Crippen LogP contribution is -1.99. The third-order valence-corrected chi connectivity index (χ3v) is 1.85. The van der Waals surface area contributed by atoms with E-state index in [0.717, 1.165) is 0 Å². The zero-order chi connectivity index (χ0) is 8.31. The molecule has 0 aliphatic heterocycles. The fourth-order valence-corrected chi connectivity index (χ4v) is 0.642. The van der Waals surface area contributed by atoms with Crippen LogP contribution in [0.3, 0.4) is 0 Å². The van der Waals surface area contributed by atoms with Gasteiger partial charge in [-0.05, 0) is 25.0 Å². The van der Waals surface area contributed by atoms with Gasteiger partial charge in [-0.3, -0.25) is 0 Å². The molecule has 0 saturated heterocycles. The molecule has 0 amide bonds. The summed E-state index contributed by atoms with van der Waals surface area (Å²) in [6.45, 7) is 3.51. The van der Waals surface area contributed by atoms with Crippen molar-refractivity contribution in [3.8, 4) is 0 Å². The highest BCUT2D eigenvalue weighted by Gasteiger charge is 2.00. The van der Waals surface area contributed by atoms with Gasteiger partial charge < -0.3 is 11.5 Å². The Bertz CT molecular complexity index is 164. The highest BCUT2D eigenvalue weighted by atomic mass is 35.5. The molecule has 0 radical (unpaired) electrons. The number of nitrogens with two attached hydrogens (primary N) is 2. The Morgan fingerprint density at radius 1 is 0.900 bits per heavy atom. The molecular formula is C6H10Cl2N2. The van der Waals surface area contributed by atoms with E-state index < -0.39 is 0 Å². The van der Waals surface area contributed by atoms with Gasteiger partial charge in [0.2, 0.25) is 0 Å². The van der Waals surface area contributed by atoms with Crippen LogP contribution < -0.4 is 11.5 Å². The third kappa shape index (κ3) is 2.50. The molecule has 0 bridgehead atoms. The highest BCUT2D eigenvalue weighted by Crippen LogP contribution is 2.16. The van der Waals surface area contributed by atoms with Gasteiger partial charge >= 0.3 is 0 Å². The fourth-order valence-electron chi connectivity index (χ4n) is 0.358. The van der Waals surface area contributed by atoms with Crippen LogP contribution >= 0.6 is 23.2 Å². The van der Waals surface area contributed by atoms with Crippen molar-refractivity contribution >= 4 is 23.2 Å². The minimum absolute atomic E-state index is 0.223. The summed E-state index contributed by atoms with van der Waals surface area (Å²) in [6.07, 6.45) is 0. The topological polar surface area (TPSA) is 52.0 Å². The second-order valence-corrected chi connectivity index (χ2v) is 2.76. The first-order valence-corrected chi connectivity index (χ1v) is 3.46. The van der Waals surface area contributed by atoms with Gasteiger partial charge in [0.25, 0.3) is 0 Å². The van der Waals surface area contributed by atoms with Gasteiger partial charge in [0.1, 0.15) is 10.3 Å². The Kier molecular flexibility index (Phi) is 3.61. The van der Waals surface area contributed by atoms with Crippen LogP contribution in [-0.2, 0) is 0 Å². The Labute approximate surface area is 70.5 Å². The van der Waals surface area contributed by atoms with Crippen molar-refractivity contribution in [3.05, 3.63) is 21.5 Å². The van der Waals surface area contributed by atoms with Crippen LogP contribution in [0.25, 0.3) is 0 Å². The first-order chi connectivity index (χ1) is 4.46. The van der Waals surface area contributed by atoms with Crippen molar-refractivity contribution in [1.29, 1.82) is 0 Å².